The average molecular weight is 422 g/mol. The molecule has 0 saturated carbocycles. The minimum absolute atomic E-state index is 0.0121. The van der Waals surface area contributed by atoms with Crippen molar-refractivity contribution in [2.75, 3.05) is 5.32 Å². The summed E-state index contributed by atoms with van der Waals surface area (Å²) in [5.41, 5.74) is 9.13. The van der Waals surface area contributed by atoms with Gasteiger partial charge in [-0.05, 0) is 34.9 Å². The molecule has 5 rings (SSSR count). The van der Waals surface area contributed by atoms with E-state index >= 15 is 0 Å². The Bertz CT molecular complexity index is 1280. The van der Waals surface area contributed by atoms with E-state index in [0.717, 1.165) is 5.56 Å². The lowest BCUT2D eigenvalue weighted by molar-refractivity contribution is -0.117. The van der Waals surface area contributed by atoms with Gasteiger partial charge in [0.2, 0.25) is 5.91 Å². The molecule has 0 bridgehead atoms. The summed E-state index contributed by atoms with van der Waals surface area (Å²) in [4.78, 5) is 26.0. The minimum atomic E-state index is -0.418. The molecular formula is C27H23N3O2. The number of rotatable bonds is 5. The first-order valence-corrected chi connectivity index (χ1v) is 10.7. The SMILES string of the molecule is O=C(c1ccccc1)c1ccccc1NC(=O)C1CC(c2cccc3ccccc23)NN1. The van der Waals surface area contributed by atoms with Crippen molar-refractivity contribution >= 4 is 28.2 Å². The number of carbonyl (C=O) groups excluding carboxylic acids is 2. The Balaban J connectivity index is 1.33. The number of hydrogen-bond donors (Lipinski definition) is 3. The van der Waals surface area contributed by atoms with Gasteiger partial charge in [-0.1, -0.05) is 84.9 Å². The predicted molar refractivity (Wildman–Crippen MR) is 126 cm³/mol. The number of benzene rings is 4. The molecule has 2 unspecified atom stereocenters. The van der Waals surface area contributed by atoms with Gasteiger partial charge in [0.25, 0.3) is 0 Å². The lowest BCUT2D eigenvalue weighted by Gasteiger charge is -2.14. The number of hydrazine groups is 1. The van der Waals surface area contributed by atoms with E-state index < -0.39 is 6.04 Å². The van der Waals surface area contributed by atoms with Gasteiger partial charge in [0, 0.05) is 17.2 Å². The maximum atomic E-state index is 13.0. The summed E-state index contributed by atoms with van der Waals surface area (Å²) < 4.78 is 0. The Morgan fingerprint density at radius 1 is 0.750 bits per heavy atom. The van der Waals surface area contributed by atoms with Crippen LogP contribution in [-0.4, -0.2) is 17.7 Å². The van der Waals surface area contributed by atoms with Crippen molar-refractivity contribution in [3.8, 4) is 0 Å². The molecule has 1 amide bonds. The third kappa shape index (κ3) is 3.91. The molecule has 5 nitrogen and oxygen atoms in total. The maximum absolute atomic E-state index is 13.0. The first kappa shape index (κ1) is 20.1. The Kier molecular flexibility index (Phi) is 5.50. The summed E-state index contributed by atoms with van der Waals surface area (Å²) in [6.07, 6.45) is 0.606. The van der Waals surface area contributed by atoms with Crippen molar-refractivity contribution in [2.45, 2.75) is 18.5 Å². The standard InChI is InChI=1S/C27H23N3O2/c31-26(19-10-2-1-3-11-19)22-14-6-7-16-23(22)28-27(32)25-17-24(29-30-25)21-15-8-12-18-9-4-5-13-20(18)21/h1-16,24-25,29-30H,17H2,(H,28,32). The van der Waals surface area contributed by atoms with Gasteiger partial charge in [-0.2, -0.15) is 0 Å². The third-order valence-corrected chi connectivity index (χ3v) is 5.88. The van der Waals surface area contributed by atoms with Crippen molar-refractivity contribution in [1.82, 2.24) is 10.9 Å². The van der Waals surface area contributed by atoms with Gasteiger partial charge in [-0.3, -0.25) is 9.59 Å². The summed E-state index contributed by atoms with van der Waals surface area (Å²) in [5.74, 6) is -0.291. The monoisotopic (exact) mass is 421 g/mol. The van der Waals surface area contributed by atoms with Crippen molar-refractivity contribution in [3.05, 3.63) is 114 Å². The average Bonchev–Trinajstić information content (AvgIpc) is 3.34. The molecule has 2 atom stereocenters. The van der Waals surface area contributed by atoms with Gasteiger partial charge >= 0.3 is 0 Å². The quantitative estimate of drug-likeness (QED) is 0.412. The molecule has 158 valence electrons. The Morgan fingerprint density at radius 2 is 1.47 bits per heavy atom. The zero-order chi connectivity index (χ0) is 21.9. The highest BCUT2D eigenvalue weighted by atomic mass is 16.2. The molecule has 32 heavy (non-hydrogen) atoms. The molecule has 1 heterocycles. The van der Waals surface area contributed by atoms with Crippen LogP contribution >= 0.6 is 0 Å². The molecule has 1 aliphatic heterocycles. The fourth-order valence-corrected chi connectivity index (χ4v) is 4.24. The first-order valence-electron chi connectivity index (χ1n) is 10.7. The van der Waals surface area contributed by atoms with Gasteiger partial charge < -0.3 is 5.32 Å². The van der Waals surface area contributed by atoms with Crippen LogP contribution in [0.2, 0.25) is 0 Å². The zero-order valence-electron chi connectivity index (χ0n) is 17.4. The molecule has 3 N–H and O–H groups in total. The van der Waals surface area contributed by atoms with Crippen LogP contribution in [0.25, 0.3) is 10.8 Å². The van der Waals surface area contributed by atoms with Crippen LogP contribution in [0, 0.1) is 0 Å². The van der Waals surface area contributed by atoms with Crippen LogP contribution in [0.1, 0.15) is 33.9 Å². The van der Waals surface area contributed by atoms with E-state index in [1.54, 1.807) is 30.3 Å². The highest BCUT2D eigenvalue weighted by molar-refractivity contribution is 6.14. The van der Waals surface area contributed by atoms with E-state index in [-0.39, 0.29) is 17.7 Å². The molecule has 0 aliphatic carbocycles. The van der Waals surface area contributed by atoms with Gasteiger partial charge in [0.05, 0.1) is 5.69 Å². The summed E-state index contributed by atoms with van der Waals surface area (Å²) in [7, 11) is 0. The molecule has 0 aromatic heterocycles. The van der Waals surface area contributed by atoms with Crippen LogP contribution in [0.5, 0.6) is 0 Å². The van der Waals surface area contributed by atoms with Crippen LogP contribution in [-0.2, 0) is 4.79 Å². The Labute approximate surface area is 186 Å². The van der Waals surface area contributed by atoms with Crippen LogP contribution in [0.15, 0.2) is 97.1 Å². The normalized spacial score (nSPS) is 17.9. The fraction of sp³-hybridized carbons (Fsp3) is 0.111. The van der Waals surface area contributed by atoms with Crippen molar-refractivity contribution in [3.63, 3.8) is 0 Å². The lowest BCUT2D eigenvalue weighted by atomic mass is 9.96. The number of fused-ring (bicyclic) bond motifs is 1. The van der Waals surface area contributed by atoms with Gasteiger partial charge in [-0.15, -0.1) is 0 Å². The van der Waals surface area contributed by atoms with Gasteiger partial charge in [0.1, 0.15) is 6.04 Å². The maximum Gasteiger partial charge on any atom is 0.242 e. The molecule has 0 radical (unpaired) electrons. The molecule has 0 spiro atoms. The number of anilines is 1. The number of hydrogen-bond acceptors (Lipinski definition) is 4. The van der Waals surface area contributed by atoms with E-state index in [4.69, 9.17) is 0 Å². The number of amides is 1. The second kappa shape index (κ2) is 8.75. The number of carbonyl (C=O) groups is 2. The first-order chi connectivity index (χ1) is 15.7. The molecule has 1 fully saturated rings. The van der Waals surface area contributed by atoms with Gasteiger partial charge in [-0.25, -0.2) is 10.9 Å². The Morgan fingerprint density at radius 3 is 2.34 bits per heavy atom. The van der Waals surface area contributed by atoms with Crippen LogP contribution < -0.4 is 16.2 Å². The fourth-order valence-electron chi connectivity index (χ4n) is 4.24. The van der Waals surface area contributed by atoms with E-state index in [2.05, 4.69) is 40.4 Å². The summed E-state index contributed by atoms with van der Waals surface area (Å²) in [5, 5.41) is 5.30. The second-order valence-corrected chi connectivity index (χ2v) is 7.93. The van der Waals surface area contributed by atoms with E-state index in [9.17, 15) is 9.59 Å². The molecule has 4 aromatic carbocycles. The lowest BCUT2D eigenvalue weighted by Crippen LogP contribution is -2.39. The number of ketones is 1. The van der Waals surface area contributed by atoms with Crippen LogP contribution in [0.4, 0.5) is 5.69 Å². The van der Waals surface area contributed by atoms with E-state index in [0.29, 0.717) is 23.2 Å². The predicted octanol–water partition coefficient (Wildman–Crippen LogP) is 4.62. The smallest absolute Gasteiger partial charge is 0.242 e. The largest absolute Gasteiger partial charge is 0.324 e. The summed E-state index contributed by atoms with van der Waals surface area (Å²) in [6, 6.07) is 30.3. The van der Waals surface area contributed by atoms with Gasteiger partial charge in [0.15, 0.2) is 5.78 Å². The Hall–Kier alpha value is -3.80. The number of nitrogens with one attached hydrogen (secondary N) is 3. The highest BCUT2D eigenvalue weighted by Crippen LogP contribution is 2.29. The van der Waals surface area contributed by atoms with E-state index in [1.807, 2.05) is 42.5 Å². The van der Waals surface area contributed by atoms with Crippen LogP contribution in [0.3, 0.4) is 0 Å². The molecular weight excluding hydrogens is 398 g/mol. The topological polar surface area (TPSA) is 70.2 Å². The summed E-state index contributed by atoms with van der Waals surface area (Å²) >= 11 is 0. The van der Waals surface area contributed by atoms with E-state index in [1.165, 1.54) is 10.8 Å². The molecule has 5 heteroatoms. The molecule has 4 aromatic rings. The molecule has 1 saturated heterocycles. The highest BCUT2D eigenvalue weighted by Gasteiger charge is 2.31. The molecule has 1 aliphatic rings. The zero-order valence-corrected chi connectivity index (χ0v) is 17.4. The summed E-state index contributed by atoms with van der Waals surface area (Å²) in [6.45, 7) is 0. The second-order valence-electron chi connectivity index (χ2n) is 7.93. The number of para-hydroxylation sites is 1. The van der Waals surface area contributed by atoms with Crippen molar-refractivity contribution in [2.24, 2.45) is 0 Å². The minimum Gasteiger partial charge on any atom is -0.324 e. The van der Waals surface area contributed by atoms with Crippen molar-refractivity contribution in [1.29, 1.82) is 0 Å². The third-order valence-electron chi connectivity index (χ3n) is 5.88. The van der Waals surface area contributed by atoms with Crippen molar-refractivity contribution < 1.29 is 9.59 Å².